The zero-order chi connectivity index (χ0) is 13.9. The molecular formula is C12H11N5O3. The van der Waals surface area contributed by atoms with Gasteiger partial charge in [-0.15, -0.1) is 0 Å². The molecule has 8 nitrogen and oxygen atoms in total. The molecule has 0 fully saturated rings. The van der Waals surface area contributed by atoms with Crippen molar-refractivity contribution in [3.8, 4) is 0 Å². The van der Waals surface area contributed by atoms with Crippen LogP contribution >= 0.6 is 0 Å². The lowest BCUT2D eigenvalue weighted by molar-refractivity contribution is -0.116. The Labute approximate surface area is 113 Å². The summed E-state index contributed by atoms with van der Waals surface area (Å²) in [6.45, 7) is 0.345. The molecule has 1 amide bonds. The van der Waals surface area contributed by atoms with Crippen molar-refractivity contribution in [1.29, 1.82) is 0 Å². The predicted octanol–water partition coefficient (Wildman–Crippen LogP) is 0.774. The second-order valence-corrected chi connectivity index (χ2v) is 4.29. The maximum absolute atomic E-state index is 11.3. The van der Waals surface area contributed by atoms with Crippen molar-refractivity contribution in [3.63, 3.8) is 0 Å². The first kappa shape index (κ1) is 12.3. The molecule has 0 aliphatic carbocycles. The molecule has 1 aliphatic rings. The van der Waals surface area contributed by atoms with E-state index in [-0.39, 0.29) is 11.6 Å². The Morgan fingerprint density at radius 3 is 3.10 bits per heavy atom. The van der Waals surface area contributed by atoms with E-state index in [1.807, 2.05) is 0 Å². The van der Waals surface area contributed by atoms with E-state index in [9.17, 15) is 9.59 Å². The number of nitrogens with zero attached hydrogens (tertiary/aromatic N) is 3. The second kappa shape index (κ2) is 5.08. The number of hydrogen-bond acceptors (Lipinski definition) is 7. The smallest absolute Gasteiger partial charge is 0.225 e. The maximum atomic E-state index is 11.3. The van der Waals surface area contributed by atoms with Gasteiger partial charge in [0.15, 0.2) is 12.0 Å². The van der Waals surface area contributed by atoms with Gasteiger partial charge in [0.1, 0.15) is 23.7 Å². The molecule has 2 aromatic heterocycles. The summed E-state index contributed by atoms with van der Waals surface area (Å²) in [5.41, 5.74) is 1.11. The number of anilines is 2. The van der Waals surface area contributed by atoms with Crippen LogP contribution in [0.3, 0.4) is 0 Å². The lowest BCUT2D eigenvalue weighted by Crippen LogP contribution is -2.21. The van der Waals surface area contributed by atoms with Gasteiger partial charge in [0.2, 0.25) is 5.91 Å². The van der Waals surface area contributed by atoms with Crippen LogP contribution in [0.4, 0.5) is 11.6 Å². The topological polar surface area (TPSA) is 110 Å². The quantitative estimate of drug-likeness (QED) is 0.792. The molecule has 1 aliphatic heterocycles. The van der Waals surface area contributed by atoms with Gasteiger partial charge in [-0.1, -0.05) is 5.16 Å². The monoisotopic (exact) mass is 273 g/mol. The third-order valence-corrected chi connectivity index (χ3v) is 2.93. The standard InChI is InChI=1S/C12H11N5O3/c18-5-7-3-8(20-17-7)4-13-11-9-1-2-10(19)16-12(9)15-6-14-11/h3,5-6H,1-2,4H2,(H2,13,14,15,16,19). The van der Waals surface area contributed by atoms with Gasteiger partial charge >= 0.3 is 0 Å². The molecule has 2 aromatic rings. The highest BCUT2D eigenvalue weighted by Gasteiger charge is 2.19. The van der Waals surface area contributed by atoms with Crippen LogP contribution in [0, 0.1) is 0 Å². The summed E-state index contributed by atoms with van der Waals surface area (Å²) >= 11 is 0. The molecule has 0 atom stereocenters. The van der Waals surface area contributed by atoms with E-state index in [0.717, 1.165) is 5.56 Å². The summed E-state index contributed by atoms with van der Waals surface area (Å²) in [6, 6.07) is 1.55. The minimum absolute atomic E-state index is 0.0481. The molecule has 0 spiro atoms. The molecule has 0 radical (unpaired) electrons. The normalized spacial score (nSPS) is 13.5. The lowest BCUT2D eigenvalue weighted by Gasteiger charge is -2.18. The third kappa shape index (κ3) is 2.35. The number of carbonyl (C=O) groups excluding carboxylic acids is 2. The van der Waals surface area contributed by atoms with Gasteiger partial charge in [-0.3, -0.25) is 9.59 Å². The van der Waals surface area contributed by atoms with Crippen LogP contribution in [0.5, 0.6) is 0 Å². The van der Waals surface area contributed by atoms with E-state index in [0.29, 0.717) is 43.1 Å². The number of rotatable bonds is 4. The van der Waals surface area contributed by atoms with E-state index in [1.54, 1.807) is 6.07 Å². The minimum Gasteiger partial charge on any atom is -0.362 e. The highest BCUT2D eigenvalue weighted by Crippen LogP contribution is 2.25. The maximum Gasteiger partial charge on any atom is 0.225 e. The fourth-order valence-electron chi connectivity index (χ4n) is 1.98. The Morgan fingerprint density at radius 2 is 2.30 bits per heavy atom. The van der Waals surface area contributed by atoms with Crippen molar-refractivity contribution in [2.24, 2.45) is 0 Å². The fraction of sp³-hybridized carbons (Fsp3) is 0.250. The van der Waals surface area contributed by atoms with Crippen LogP contribution in [-0.4, -0.2) is 27.3 Å². The van der Waals surface area contributed by atoms with Crippen LogP contribution in [0.25, 0.3) is 0 Å². The van der Waals surface area contributed by atoms with Gasteiger partial charge < -0.3 is 15.2 Å². The van der Waals surface area contributed by atoms with Gasteiger partial charge in [-0.25, -0.2) is 9.97 Å². The first-order chi connectivity index (χ1) is 9.76. The van der Waals surface area contributed by atoms with Crippen molar-refractivity contribution in [2.75, 3.05) is 10.6 Å². The number of carbonyl (C=O) groups is 2. The van der Waals surface area contributed by atoms with E-state index in [2.05, 4.69) is 25.8 Å². The molecule has 102 valence electrons. The van der Waals surface area contributed by atoms with Crippen molar-refractivity contribution in [3.05, 3.63) is 29.4 Å². The lowest BCUT2D eigenvalue weighted by atomic mass is 10.1. The SMILES string of the molecule is O=Cc1cc(CNc2ncnc3c2CCC(=O)N3)on1. The molecule has 3 heterocycles. The van der Waals surface area contributed by atoms with Gasteiger partial charge in [-0.05, 0) is 6.42 Å². The summed E-state index contributed by atoms with van der Waals surface area (Å²) in [4.78, 5) is 30.0. The van der Waals surface area contributed by atoms with E-state index >= 15 is 0 Å². The summed E-state index contributed by atoms with van der Waals surface area (Å²) in [6.07, 6.45) is 2.99. The number of aldehydes is 1. The van der Waals surface area contributed by atoms with E-state index in [4.69, 9.17) is 4.52 Å². The molecule has 0 bridgehead atoms. The molecule has 2 N–H and O–H groups in total. The first-order valence-electron chi connectivity index (χ1n) is 6.04. The summed E-state index contributed by atoms with van der Waals surface area (Å²) < 4.78 is 4.98. The number of aromatic nitrogens is 3. The number of nitrogens with one attached hydrogen (secondary N) is 2. The summed E-state index contributed by atoms with van der Waals surface area (Å²) in [7, 11) is 0. The number of fused-ring (bicyclic) bond motifs is 1. The van der Waals surface area contributed by atoms with Crippen LogP contribution in [0.15, 0.2) is 16.9 Å². The van der Waals surface area contributed by atoms with Crippen LogP contribution in [-0.2, 0) is 17.8 Å². The van der Waals surface area contributed by atoms with Gasteiger partial charge in [0, 0.05) is 18.1 Å². The molecule has 0 unspecified atom stereocenters. The minimum atomic E-state index is -0.0481. The van der Waals surface area contributed by atoms with Gasteiger partial charge in [0.25, 0.3) is 0 Å². The Hall–Kier alpha value is -2.77. The van der Waals surface area contributed by atoms with Crippen molar-refractivity contribution < 1.29 is 14.1 Å². The number of hydrogen-bond donors (Lipinski definition) is 2. The first-order valence-corrected chi connectivity index (χ1v) is 6.04. The second-order valence-electron chi connectivity index (χ2n) is 4.29. The molecule has 0 saturated carbocycles. The Kier molecular flexibility index (Phi) is 3.12. The van der Waals surface area contributed by atoms with Gasteiger partial charge in [-0.2, -0.15) is 0 Å². The van der Waals surface area contributed by atoms with Crippen molar-refractivity contribution in [2.45, 2.75) is 19.4 Å². The Balaban J connectivity index is 1.76. The average molecular weight is 273 g/mol. The fourth-order valence-corrected chi connectivity index (χ4v) is 1.98. The molecule has 3 rings (SSSR count). The highest BCUT2D eigenvalue weighted by atomic mass is 16.5. The molecule has 0 aromatic carbocycles. The Morgan fingerprint density at radius 1 is 1.40 bits per heavy atom. The molecule has 0 saturated heterocycles. The molecular weight excluding hydrogens is 262 g/mol. The van der Waals surface area contributed by atoms with E-state index < -0.39 is 0 Å². The predicted molar refractivity (Wildman–Crippen MR) is 68.2 cm³/mol. The van der Waals surface area contributed by atoms with Crippen molar-refractivity contribution in [1.82, 2.24) is 15.1 Å². The van der Waals surface area contributed by atoms with E-state index in [1.165, 1.54) is 6.33 Å². The molecule has 20 heavy (non-hydrogen) atoms. The zero-order valence-corrected chi connectivity index (χ0v) is 10.4. The third-order valence-electron chi connectivity index (χ3n) is 2.93. The van der Waals surface area contributed by atoms with Gasteiger partial charge in [0.05, 0.1) is 6.54 Å². The number of amides is 1. The highest BCUT2D eigenvalue weighted by molar-refractivity contribution is 5.93. The van der Waals surface area contributed by atoms with Crippen LogP contribution in [0.2, 0.25) is 0 Å². The average Bonchev–Trinajstić information content (AvgIpc) is 2.92. The summed E-state index contributed by atoms with van der Waals surface area (Å²) in [5.74, 6) is 1.65. The largest absolute Gasteiger partial charge is 0.362 e. The van der Waals surface area contributed by atoms with Crippen molar-refractivity contribution >= 4 is 23.8 Å². The Bertz CT molecular complexity index is 667. The van der Waals surface area contributed by atoms with Crippen LogP contribution < -0.4 is 10.6 Å². The molecule has 8 heteroatoms. The summed E-state index contributed by atoms with van der Waals surface area (Å²) in [5, 5.41) is 9.36. The zero-order valence-electron chi connectivity index (χ0n) is 10.4. The van der Waals surface area contributed by atoms with Crippen LogP contribution in [0.1, 0.15) is 28.2 Å².